The second kappa shape index (κ2) is 8.00. The van der Waals surface area contributed by atoms with E-state index in [2.05, 4.69) is 15.3 Å². The van der Waals surface area contributed by atoms with Crippen LogP contribution in [0.1, 0.15) is 16.1 Å². The SMILES string of the molecule is Cc1cn(-c2c(F)cccc2F)nc1C(=O)Nc1cccc(N2CCOCC2)c1. The van der Waals surface area contributed by atoms with E-state index in [0.29, 0.717) is 24.5 Å². The van der Waals surface area contributed by atoms with Crippen molar-refractivity contribution in [1.82, 2.24) is 9.78 Å². The van der Waals surface area contributed by atoms with Crippen LogP contribution in [0.4, 0.5) is 20.2 Å². The molecule has 0 aliphatic carbocycles. The van der Waals surface area contributed by atoms with E-state index in [0.717, 1.165) is 35.6 Å². The number of halogens is 2. The molecule has 4 rings (SSSR count). The first-order chi connectivity index (χ1) is 14.0. The van der Waals surface area contributed by atoms with Crippen molar-refractivity contribution in [2.45, 2.75) is 6.92 Å². The Morgan fingerprint density at radius 1 is 1.10 bits per heavy atom. The molecule has 6 nitrogen and oxygen atoms in total. The summed E-state index contributed by atoms with van der Waals surface area (Å²) in [6.45, 7) is 4.57. The molecule has 0 spiro atoms. The van der Waals surface area contributed by atoms with Gasteiger partial charge in [0, 0.05) is 36.2 Å². The predicted octanol–water partition coefficient (Wildman–Crippen LogP) is 3.55. The van der Waals surface area contributed by atoms with E-state index in [1.54, 1.807) is 13.0 Å². The number of hydrogen-bond donors (Lipinski definition) is 1. The van der Waals surface area contributed by atoms with Crippen LogP contribution in [0.2, 0.25) is 0 Å². The largest absolute Gasteiger partial charge is 0.378 e. The van der Waals surface area contributed by atoms with Gasteiger partial charge in [0.2, 0.25) is 0 Å². The van der Waals surface area contributed by atoms with Crippen LogP contribution in [-0.2, 0) is 4.74 Å². The molecule has 0 bridgehead atoms. The van der Waals surface area contributed by atoms with Gasteiger partial charge in [0.25, 0.3) is 5.91 Å². The van der Waals surface area contributed by atoms with Gasteiger partial charge in [0.1, 0.15) is 5.69 Å². The smallest absolute Gasteiger partial charge is 0.276 e. The van der Waals surface area contributed by atoms with E-state index in [9.17, 15) is 13.6 Å². The average Bonchev–Trinajstić information content (AvgIpc) is 3.10. The Labute approximate surface area is 166 Å². The third-order valence-electron chi connectivity index (χ3n) is 4.76. The van der Waals surface area contributed by atoms with Crippen LogP contribution in [0.25, 0.3) is 5.69 Å². The normalized spacial score (nSPS) is 14.1. The van der Waals surface area contributed by atoms with Gasteiger partial charge in [-0.1, -0.05) is 12.1 Å². The molecule has 1 N–H and O–H groups in total. The van der Waals surface area contributed by atoms with Gasteiger partial charge >= 0.3 is 0 Å². The molecule has 2 aromatic carbocycles. The second-order valence-corrected chi connectivity index (χ2v) is 6.78. The summed E-state index contributed by atoms with van der Waals surface area (Å²) in [5.74, 6) is -1.95. The highest BCUT2D eigenvalue weighted by atomic mass is 19.1. The number of morpholine rings is 1. The van der Waals surface area contributed by atoms with Crippen LogP contribution in [0.15, 0.2) is 48.7 Å². The first kappa shape index (κ1) is 19.1. The summed E-state index contributed by atoms with van der Waals surface area (Å²) in [7, 11) is 0. The van der Waals surface area contributed by atoms with E-state index < -0.39 is 17.5 Å². The lowest BCUT2D eigenvalue weighted by Crippen LogP contribution is -2.36. The molecule has 150 valence electrons. The Bertz CT molecular complexity index is 1020. The number of para-hydroxylation sites is 1. The van der Waals surface area contributed by atoms with Crippen LogP contribution in [-0.4, -0.2) is 42.0 Å². The summed E-state index contributed by atoms with van der Waals surface area (Å²) in [5, 5.41) is 6.92. The van der Waals surface area contributed by atoms with Crippen molar-refractivity contribution >= 4 is 17.3 Å². The minimum absolute atomic E-state index is 0.101. The Morgan fingerprint density at radius 2 is 1.79 bits per heavy atom. The minimum atomic E-state index is -0.752. The third-order valence-corrected chi connectivity index (χ3v) is 4.76. The molecule has 29 heavy (non-hydrogen) atoms. The van der Waals surface area contributed by atoms with Gasteiger partial charge in [-0.25, -0.2) is 13.5 Å². The van der Waals surface area contributed by atoms with Crippen molar-refractivity contribution in [2.75, 3.05) is 36.5 Å². The molecule has 1 aliphatic rings. The maximum atomic E-state index is 14.0. The highest BCUT2D eigenvalue weighted by Gasteiger charge is 2.19. The lowest BCUT2D eigenvalue weighted by Gasteiger charge is -2.29. The number of aryl methyl sites for hydroxylation is 1. The monoisotopic (exact) mass is 398 g/mol. The number of aromatic nitrogens is 2. The van der Waals surface area contributed by atoms with Gasteiger partial charge in [0.05, 0.1) is 13.2 Å². The highest BCUT2D eigenvalue weighted by Crippen LogP contribution is 2.22. The molecule has 0 radical (unpaired) electrons. The van der Waals surface area contributed by atoms with E-state index >= 15 is 0 Å². The van der Waals surface area contributed by atoms with E-state index in [1.807, 2.05) is 18.2 Å². The molecule has 1 amide bonds. The maximum absolute atomic E-state index is 14.0. The predicted molar refractivity (Wildman–Crippen MR) is 106 cm³/mol. The van der Waals surface area contributed by atoms with Crippen LogP contribution < -0.4 is 10.2 Å². The zero-order valence-electron chi connectivity index (χ0n) is 15.9. The van der Waals surface area contributed by atoms with Crippen molar-refractivity contribution in [1.29, 1.82) is 0 Å². The lowest BCUT2D eigenvalue weighted by molar-refractivity contribution is 0.102. The van der Waals surface area contributed by atoms with Gasteiger partial charge in [-0.15, -0.1) is 0 Å². The number of amides is 1. The average molecular weight is 398 g/mol. The highest BCUT2D eigenvalue weighted by molar-refractivity contribution is 6.04. The van der Waals surface area contributed by atoms with E-state index in [-0.39, 0.29) is 11.4 Å². The molecule has 1 fully saturated rings. The number of carbonyl (C=O) groups is 1. The van der Waals surface area contributed by atoms with Gasteiger partial charge < -0.3 is 15.0 Å². The number of rotatable bonds is 4. The summed E-state index contributed by atoms with van der Waals surface area (Å²) in [4.78, 5) is 14.9. The van der Waals surface area contributed by atoms with Gasteiger partial charge in [-0.05, 0) is 37.3 Å². The van der Waals surface area contributed by atoms with Crippen molar-refractivity contribution in [3.05, 3.63) is 71.6 Å². The first-order valence-corrected chi connectivity index (χ1v) is 9.27. The Kier molecular flexibility index (Phi) is 5.26. The molecule has 0 saturated carbocycles. The summed E-state index contributed by atoms with van der Waals surface area (Å²) in [5.41, 5.74) is 1.90. The molecular weight excluding hydrogens is 378 g/mol. The molecular formula is C21H20F2N4O2. The fourth-order valence-corrected chi connectivity index (χ4v) is 3.30. The Morgan fingerprint density at radius 3 is 2.52 bits per heavy atom. The van der Waals surface area contributed by atoms with Crippen LogP contribution >= 0.6 is 0 Å². The fraction of sp³-hybridized carbons (Fsp3) is 0.238. The van der Waals surface area contributed by atoms with Crippen LogP contribution in [0.3, 0.4) is 0 Å². The van der Waals surface area contributed by atoms with E-state index in [1.165, 1.54) is 12.3 Å². The van der Waals surface area contributed by atoms with Crippen LogP contribution in [0, 0.1) is 18.6 Å². The number of carbonyl (C=O) groups excluding carboxylic acids is 1. The Balaban J connectivity index is 1.56. The fourth-order valence-electron chi connectivity index (χ4n) is 3.30. The second-order valence-electron chi connectivity index (χ2n) is 6.78. The lowest BCUT2D eigenvalue weighted by atomic mass is 10.2. The zero-order valence-corrected chi connectivity index (χ0v) is 15.9. The molecule has 1 saturated heterocycles. The number of ether oxygens (including phenoxy) is 1. The number of nitrogens with zero attached hydrogens (tertiary/aromatic N) is 3. The topological polar surface area (TPSA) is 59.4 Å². The van der Waals surface area contributed by atoms with Crippen molar-refractivity contribution in [3.63, 3.8) is 0 Å². The quantitative estimate of drug-likeness (QED) is 0.730. The third kappa shape index (κ3) is 3.97. The van der Waals surface area contributed by atoms with Crippen molar-refractivity contribution in [2.24, 2.45) is 0 Å². The summed E-state index contributed by atoms with van der Waals surface area (Å²) >= 11 is 0. The maximum Gasteiger partial charge on any atom is 0.276 e. The molecule has 2 heterocycles. The van der Waals surface area contributed by atoms with Gasteiger partial charge in [-0.3, -0.25) is 4.79 Å². The zero-order chi connectivity index (χ0) is 20.4. The van der Waals surface area contributed by atoms with Crippen molar-refractivity contribution in [3.8, 4) is 5.69 Å². The standard InChI is InChI=1S/C21H20F2N4O2/c1-14-13-27(20-17(22)6-3-7-18(20)23)25-19(14)21(28)24-15-4-2-5-16(12-15)26-8-10-29-11-9-26/h2-7,12-13H,8-11H2,1H3,(H,24,28). The van der Waals surface area contributed by atoms with Gasteiger partial charge in [0.15, 0.2) is 17.3 Å². The van der Waals surface area contributed by atoms with E-state index in [4.69, 9.17) is 4.74 Å². The number of benzene rings is 2. The molecule has 8 heteroatoms. The number of anilines is 2. The van der Waals surface area contributed by atoms with Crippen LogP contribution in [0.5, 0.6) is 0 Å². The number of nitrogens with one attached hydrogen (secondary N) is 1. The van der Waals surface area contributed by atoms with Crippen molar-refractivity contribution < 1.29 is 18.3 Å². The summed E-state index contributed by atoms with van der Waals surface area (Å²) < 4.78 is 34.5. The molecule has 3 aromatic rings. The number of hydrogen-bond acceptors (Lipinski definition) is 4. The molecule has 1 aromatic heterocycles. The molecule has 0 unspecified atom stereocenters. The molecule has 0 atom stereocenters. The minimum Gasteiger partial charge on any atom is -0.378 e. The first-order valence-electron chi connectivity index (χ1n) is 9.27. The molecule has 1 aliphatic heterocycles. The van der Waals surface area contributed by atoms with Gasteiger partial charge in [-0.2, -0.15) is 5.10 Å². The summed E-state index contributed by atoms with van der Waals surface area (Å²) in [6, 6.07) is 11.1. The Hall–Kier alpha value is -3.26. The summed E-state index contributed by atoms with van der Waals surface area (Å²) in [6.07, 6.45) is 1.43.